The van der Waals surface area contributed by atoms with Crippen LogP contribution in [0.25, 0.3) is 10.8 Å². The normalized spacial score (nSPS) is 21.5. The predicted octanol–water partition coefficient (Wildman–Crippen LogP) is 2.15. The smallest absolute Gasteiger partial charge is 0.242 e. The largest absolute Gasteiger partial charge is 0.347 e. The zero-order valence-corrected chi connectivity index (χ0v) is 20.3. The second kappa shape index (κ2) is 11.0. The summed E-state index contributed by atoms with van der Waals surface area (Å²) in [6.07, 6.45) is 1.43. The summed E-state index contributed by atoms with van der Waals surface area (Å²) in [7, 11) is 0. The Hall–Kier alpha value is -2.93. The zero-order valence-electron chi connectivity index (χ0n) is 20.3. The Bertz CT molecular complexity index is 1020. The van der Waals surface area contributed by atoms with Crippen LogP contribution in [0.4, 0.5) is 0 Å². The van der Waals surface area contributed by atoms with Crippen molar-refractivity contribution >= 4 is 28.5 Å². The number of nitrogens with one attached hydrogen (secondary N) is 1. The molecule has 182 valence electrons. The van der Waals surface area contributed by atoms with Crippen molar-refractivity contribution in [1.82, 2.24) is 20.0 Å². The number of hydrogen-bond donors (Lipinski definition) is 1. The van der Waals surface area contributed by atoms with E-state index in [2.05, 4.69) is 24.1 Å². The second-order valence-electron chi connectivity index (χ2n) is 9.99. The molecule has 0 spiro atoms. The summed E-state index contributed by atoms with van der Waals surface area (Å²) < 4.78 is 0. The first-order chi connectivity index (χ1) is 16.4. The number of likely N-dealkylation sites (tertiary alicyclic amines) is 1. The van der Waals surface area contributed by atoms with Gasteiger partial charge in [0.15, 0.2) is 0 Å². The predicted molar refractivity (Wildman–Crippen MR) is 133 cm³/mol. The average molecular weight is 465 g/mol. The number of benzene rings is 2. The second-order valence-corrected chi connectivity index (χ2v) is 9.99. The molecule has 0 aromatic heterocycles. The van der Waals surface area contributed by atoms with Gasteiger partial charge in [-0.2, -0.15) is 0 Å². The van der Waals surface area contributed by atoms with Crippen LogP contribution in [0.3, 0.4) is 0 Å². The fourth-order valence-electron chi connectivity index (χ4n) is 5.28. The molecule has 2 aliphatic heterocycles. The van der Waals surface area contributed by atoms with Gasteiger partial charge in [0.2, 0.25) is 17.7 Å². The average Bonchev–Trinajstić information content (AvgIpc) is 2.82. The fourth-order valence-corrected chi connectivity index (χ4v) is 5.28. The van der Waals surface area contributed by atoms with Crippen LogP contribution in [-0.2, 0) is 20.8 Å². The molecule has 0 unspecified atom stereocenters. The van der Waals surface area contributed by atoms with Gasteiger partial charge in [0.25, 0.3) is 0 Å². The summed E-state index contributed by atoms with van der Waals surface area (Å²) in [4.78, 5) is 43.8. The van der Waals surface area contributed by atoms with Crippen molar-refractivity contribution in [3.63, 3.8) is 0 Å². The summed E-state index contributed by atoms with van der Waals surface area (Å²) in [5.41, 5.74) is 0.957. The van der Waals surface area contributed by atoms with E-state index in [9.17, 15) is 14.4 Å². The van der Waals surface area contributed by atoms with Gasteiger partial charge >= 0.3 is 0 Å². The molecule has 0 radical (unpaired) electrons. The summed E-state index contributed by atoms with van der Waals surface area (Å²) in [6, 6.07) is 13.9. The van der Waals surface area contributed by atoms with E-state index in [1.165, 1.54) is 6.42 Å². The van der Waals surface area contributed by atoms with E-state index in [1.807, 2.05) is 47.4 Å². The first-order valence-corrected chi connectivity index (χ1v) is 12.4. The van der Waals surface area contributed by atoms with Gasteiger partial charge < -0.3 is 15.1 Å². The SMILES string of the molecule is C[C@@H]1C[C@@H](C)CN(C(=O)CN2CCN(C(=O)CNC(=O)Cc3cccc4ccccc34)CC2)C1. The quantitative estimate of drug-likeness (QED) is 0.711. The number of rotatable bonds is 6. The molecule has 0 aliphatic carbocycles. The molecular weight excluding hydrogens is 428 g/mol. The minimum atomic E-state index is -0.154. The lowest BCUT2D eigenvalue weighted by atomic mass is 9.92. The number of carbonyl (C=O) groups excluding carboxylic acids is 3. The van der Waals surface area contributed by atoms with E-state index >= 15 is 0 Å². The lowest BCUT2D eigenvalue weighted by Gasteiger charge is -2.38. The van der Waals surface area contributed by atoms with Crippen molar-refractivity contribution in [3.05, 3.63) is 48.0 Å². The maximum atomic E-state index is 12.7. The van der Waals surface area contributed by atoms with Crippen LogP contribution in [0.2, 0.25) is 0 Å². The third kappa shape index (κ3) is 6.14. The standard InChI is InChI=1S/C27H36N4O3/c1-20-14-21(2)18-31(17-20)27(34)19-29-10-12-30(13-11-29)26(33)16-28-25(32)15-23-8-5-7-22-6-3-4-9-24(22)23/h3-9,20-21H,10-19H2,1-2H3,(H,28,32)/t20-,21-/m1/s1. The van der Waals surface area contributed by atoms with E-state index in [4.69, 9.17) is 0 Å². The Balaban J connectivity index is 1.19. The Labute approximate surface area is 202 Å². The van der Waals surface area contributed by atoms with Crippen molar-refractivity contribution < 1.29 is 14.4 Å². The molecular formula is C27H36N4O3. The molecule has 34 heavy (non-hydrogen) atoms. The highest BCUT2D eigenvalue weighted by atomic mass is 16.2. The first-order valence-electron chi connectivity index (χ1n) is 12.4. The molecule has 2 atom stereocenters. The van der Waals surface area contributed by atoms with Crippen molar-refractivity contribution in [3.8, 4) is 0 Å². The Morgan fingerprint density at radius 2 is 1.53 bits per heavy atom. The minimum absolute atomic E-state index is 0.00604. The summed E-state index contributed by atoms with van der Waals surface area (Å²) in [6.45, 7) is 9.06. The van der Waals surface area contributed by atoms with Gasteiger partial charge in [-0.1, -0.05) is 56.3 Å². The molecule has 2 heterocycles. The monoisotopic (exact) mass is 464 g/mol. The molecule has 0 saturated carbocycles. The Morgan fingerprint density at radius 1 is 0.853 bits per heavy atom. The van der Waals surface area contributed by atoms with Crippen LogP contribution in [0.15, 0.2) is 42.5 Å². The maximum absolute atomic E-state index is 12.7. The Kier molecular flexibility index (Phi) is 7.83. The molecule has 4 rings (SSSR count). The number of nitrogens with zero attached hydrogens (tertiary/aromatic N) is 3. The lowest BCUT2D eigenvalue weighted by Crippen LogP contribution is -2.54. The molecule has 0 bridgehead atoms. The molecule has 7 nitrogen and oxygen atoms in total. The van der Waals surface area contributed by atoms with E-state index in [-0.39, 0.29) is 30.7 Å². The zero-order chi connectivity index (χ0) is 24.1. The van der Waals surface area contributed by atoms with Crippen LogP contribution in [0.1, 0.15) is 25.8 Å². The summed E-state index contributed by atoms with van der Waals surface area (Å²) >= 11 is 0. The van der Waals surface area contributed by atoms with E-state index < -0.39 is 0 Å². The number of amides is 3. The van der Waals surface area contributed by atoms with Crippen molar-refractivity contribution in [2.24, 2.45) is 11.8 Å². The van der Waals surface area contributed by atoms with Gasteiger partial charge in [0.1, 0.15) is 0 Å². The van der Waals surface area contributed by atoms with Crippen LogP contribution in [0.5, 0.6) is 0 Å². The molecule has 2 aromatic carbocycles. The van der Waals surface area contributed by atoms with Crippen LogP contribution >= 0.6 is 0 Å². The van der Waals surface area contributed by atoms with Crippen molar-refractivity contribution in [1.29, 1.82) is 0 Å². The van der Waals surface area contributed by atoms with E-state index in [0.29, 0.717) is 44.6 Å². The third-order valence-electron chi connectivity index (χ3n) is 6.97. The first kappa shape index (κ1) is 24.2. The molecule has 2 saturated heterocycles. The van der Waals surface area contributed by atoms with Gasteiger partial charge in [0, 0.05) is 39.3 Å². The number of hydrogen-bond acceptors (Lipinski definition) is 4. The molecule has 7 heteroatoms. The highest BCUT2D eigenvalue weighted by Crippen LogP contribution is 2.21. The highest BCUT2D eigenvalue weighted by molar-refractivity contribution is 5.91. The van der Waals surface area contributed by atoms with Crippen molar-refractivity contribution in [2.75, 3.05) is 52.4 Å². The van der Waals surface area contributed by atoms with Gasteiger partial charge in [-0.05, 0) is 34.6 Å². The van der Waals surface area contributed by atoms with Gasteiger partial charge in [-0.15, -0.1) is 0 Å². The number of piperidine rings is 1. The number of piperazine rings is 1. The van der Waals surface area contributed by atoms with Gasteiger partial charge in [-0.25, -0.2) is 0 Å². The summed E-state index contributed by atoms with van der Waals surface area (Å²) in [5, 5.41) is 4.95. The minimum Gasteiger partial charge on any atom is -0.347 e. The summed E-state index contributed by atoms with van der Waals surface area (Å²) in [5.74, 6) is 1.07. The fraction of sp³-hybridized carbons (Fsp3) is 0.519. The van der Waals surface area contributed by atoms with Gasteiger partial charge in [0.05, 0.1) is 19.5 Å². The van der Waals surface area contributed by atoms with E-state index in [0.717, 1.165) is 29.4 Å². The van der Waals surface area contributed by atoms with Crippen LogP contribution < -0.4 is 5.32 Å². The lowest BCUT2D eigenvalue weighted by molar-refractivity contribution is -0.137. The topological polar surface area (TPSA) is 73.0 Å². The van der Waals surface area contributed by atoms with Crippen LogP contribution in [0, 0.1) is 11.8 Å². The molecule has 2 aromatic rings. The van der Waals surface area contributed by atoms with Crippen LogP contribution in [-0.4, -0.2) is 84.8 Å². The number of carbonyl (C=O) groups is 3. The van der Waals surface area contributed by atoms with Crippen molar-refractivity contribution in [2.45, 2.75) is 26.7 Å². The maximum Gasteiger partial charge on any atom is 0.242 e. The Morgan fingerprint density at radius 3 is 2.26 bits per heavy atom. The molecule has 3 amide bonds. The van der Waals surface area contributed by atoms with E-state index in [1.54, 1.807) is 4.90 Å². The number of fused-ring (bicyclic) bond motifs is 1. The highest BCUT2D eigenvalue weighted by Gasteiger charge is 2.28. The molecule has 2 aliphatic rings. The molecule has 2 fully saturated rings. The molecule has 1 N–H and O–H groups in total. The third-order valence-corrected chi connectivity index (χ3v) is 6.97. The van der Waals surface area contributed by atoms with Gasteiger partial charge in [-0.3, -0.25) is 19.3 Å².